The van der Waals surface area contributed by atoms with Crippen LogP contribution >= 0.6 is 11.6 Å². The normalized spacial score (nSPS) is 10.9. The SMILES string of the molecule is O=c1c(CCl)coc2c(F)cc(F)cc12. The molecule has 1 aromatic carbocycles. The van der Waals surface area contributed by atoms with Crippen molar-refractivity contribution in [3.63, 3.8) is 0 Å². The number of alkyl halides is 1. The Balaban J connectivity index is 2.93. The number of rotatable bonds is 1. The maximum absolute atomic E-state index is 13.2. The lowest BCUT2D eigenvalue weighted by Crippen LogP contribution is -2.07. The molecule has 0 atom stereocenters. The van der Waals surface area contributed by atoms with Crippen LogP contribution in [0.5, 0.6) is 0 Å². The van der Waals surface area contributed by atoms with Crippen molar-refractivity contribution in [3.8, 4) is 0 Å². The van der Waals surface area contributed by atoms with Crippen molar-refractivity contribution >= 4 is 22.6 Å². The molecule has 2 rings (SSSR count). The van der Waals surface area contributed by atoms with Crippen LogP contribution in [0.3, 0.4) is 0 Å². The highest BCUT2D eigenvalue weighted by molar-refractivity contribution is 6.17. The zero-order valence-electron chi connectivity index (χ0n) is 7.39. The molecule has 0 saturated heterocycles. The minimum Gasteiger partial charge on any atom is -0.461 e. The summed E-state index contributed by atoms with van der Waals surface area (Å²) in [5, 5.41) is -0.134. The van der Waals surface area contributed by atoms with Gasteiger partial charge in [0.15, 0.2) is 16.8 Å². The van der Waals surface area contributed by atoms with E-state index >= 15 is 0 Å². The Morgan fingerprint density at radius 1 is 1.33 bits per heavy atom. The molecule has 0 radical (unpaired) electrons. The average Bonchev–Trinajstić information content (AvgIpc) is 2.19. The average molecular weight is 231 g/mol. The van der Waals surface area contributed by atoms with Gasteiger partial charge in [-0.1, -0.05) is 0 Å². The zero-order valence-corrected chi connectivity index (χ0v) is 8.15. The fourth-order valence-electron chi connectivity index (χ4n) is 1.30. The van der Waals surface area contributed by atoms with Crippen molar-refractivity contribution in [2.75, 3.05) is 0 Å². The molecule has 0 aliphatic carbocycles. The Bertz CT molecular complexity index is 577. The van der Waals surface area contributed by atoms with E-state index in [0.717, 1.165) is 12.3 Å². The van der Waals surface area contributed by atoms with Gasteiger partial charge in [0.25, 0.3) is 0 Å². The van der Waals surface area contributed by atoms with E-state index in [1.165, 1.54) is 0 Å². The van der Waals surface area contributed by atoms with Crippen molar-refractivity contribution in [1.29, 1.82) is 0 Å². The molecule has 0 aliphatic rings. The highest BCUT2D eigenvalue weighted by Crippen LogP contribution is 2.17. The van der Waals surface area contributed by atoms with Crippen molar-refractivity contribution in [2.45, 2.75) is 5.88 Å². The van der Waals surface area contributed by atoms with Gasteiger partial charge >= 0.3 is 0 Å². The molecule has 0 N–H and O–H groups in total. The summed E-state index contributed by atoms with van der Waals surface area (Å²) in [5.74, 6) is -1.78. The summed E-state index contributed by atoms with van der Waals surface area (Å²) in [6.07, 6.45) is 1.08. The van der Waals surface area contributed by atoms with Crippen LogP contribution in [0, 0.1) is 11.6 Å². The predicted octanol–water partition coefficient (Wildman–Crippen LogP) is 2.81. The molecule has 0 amide bonds. The van der Waals surface area contributed by atoms with Crippen LogP contribution in [0.4, 0.5) is 8.78 Å². The number of halogens is 3. The van der Waals surface area contributed by atoms with Gasteiger partial charge in [-0.25, -0.2) is 8.78 Å². The summed E-state index contributed by atoms with van der Waals surface area (Å²) in [7, 11) is 0. The first-order chi connectivity index (χ1) is 7.13. The highest BCUT2D eigenvalue weighted by Gasteiger charge is 2.11. The second kappa shape index (κ2) is 3.62. The maximum atomic E-state index is 13.2. The largest absolute Gasteiger partial charge is 0.461 e. The summed E-state index contributed by atoms with van der Waals surface area (Å²) in [6.45, 7) is 0. The molecule has 5 heteroatoms. The molecular formula is C10H5ClF2O2. The Morgan fingerprint density at radius 3 is 2.73 bits per heavy atom. The van der Waals surface area contributed by atoms with E-state index in [2.05, 4.69) is 0 Å². The summed E-state index contributed by atoms with van der Waals surface area (Å²) in [5.41, 5.74) is -0.589. The van der Waals surface area contributed by atoms with Gasteiger partial charge in [0.05, 0.1) is 23.1 Å². The second-order valence-corrected chi connectivity index (χ2v) is 3.26. The number of fused-ring (bicyclic) bond motifs is 1. The van der Waals surface area contributed by atoms with Crippen molar-refractivity contribution in [2.24, 2.45) is 0 Å². The van der Waals surface area contributed by atoms with Crippen molar-refractivity contribution in [1.82, 2.24) is 0 Å². The van der Waals surface area contributed by atoms with E-state index in [0.29, 0.717) is 6.07 Å². The van der Waals surface area contributed by atoms with E-state index in [4.69, 9.17) is 16.0 Å². The minimum absolute atomic E-state index is 0.0591. The fourth-order valence-corrected chi connectivity index (χ4v) is 1.48. The first-order valence-electron chi connectivity index (χ1n) is 4.09. The van der Waals surface area contributed by atoms with Gasteiger partial charge in [-0.15, -0.1) is 11.6 Å². The number of benzene rings is 1. The zero-order chi connectivity index (χ0) is 11.0. The second-order valence-electron chi connectivity index (χ2n) is 2.99. The quantitative estimate of drug-likeness (QED) is 0.705. The number of hydrogen-bond acceptors (Lipinski definition) is 2. The summed E-state index contributed by atoms with van der Waals surface area (Å²) >= 11 is 5.46. The topological polar surface area (TPSA) is 30.2 Å². The molecule has 0 saturated carbocycles. The van der Waals surface area contributed by atoms with E-state index in [1.54, 1.807) is 0 Å². The molecule has 0 aliphatic heterocycles. The predicted molar refractivity (Wildman–Crippen MR) is 52.0 cm³/mol. The lowest BCUT2D eigenvalue weighted by atomic mass is 10.2. The smallest absolute Gasteiger partial charge is 0.197 e. The Hall–Kier alpha value is -1.42. The Labute approximate surface area is 88.1 Å². The third-order valence-electron chi connectivity index (χ3n) is 2.01. The number of hydrogen-bond donors (Lipinski definition) is 0. The van der Waals surface area contributed by atoms with Crippen LogP contribution < -0.4 is 5.43 Å². The van der Waals surface area contributed by atoms with Crippen molar-refractivity contribution < 1.29 is 13.2 Å². The summed E-state index contributed by atoms with van der Waals surface area (Å²) in [4.78, 5) is 11.6. The molecule has 0 unspecified atom stereocenters. The van der Waals surface area contributed by atoms with E-state index in [-0.39, 0.29) is 22.4 Å². The molecule has 2 aromatic rings. The van der Waals surface area contributed by atoms with Gasteiger partial charge in [0.1, 0.15) is 5.82 Å². The highest BCUT2D eigenvalue weighted by atomic mass is 35.5. The third-order valence-corrected chi connectivity index (χ3v) is 2.30. The van der Waals surface area contributed by atoms with Gasteiger partial charge in [-0.05, 0) is 6.07 Å². The first kappa shape index (κ1) is 10.1. The van der Waals surface area contributed by atoms with Crippen LogP contribution in [0.25, 0.3) is 11.0 Å². The lowest BCUT2D eigenvalue weighted by molar-refractivity contribution is 0.535. The Kier molecular flexibility index (Phi) is 2.44. The monoisotopic (exact) mass is 230 g/mol. The molecule has 1 heterocycles. The molecule has 15 heavy (non-hydrogen) atoms. The standard InChI is InChI=1S/C10H5ClF2O2/c11-3-5-4-15-10-7(9(5)14)1-6(12)2-8(10)13/h1-2,4H,3H2. The molecule has 0 fully saturated rings. The van der Waals surface area contributed by atoms with Crippen LogP contribution in [0.15, 0.2) is 27.6 Å². The van der Waals surface area contributed by atoms with Crippen LogP contribution in [0.2, 0.25) is 0 Å². The maximum Gasteiger partial charge on any atom is 0.197 e. The van der Waals surface area contributed by atoms with Gasteiger partial charge in [0.2, 0.25) is 0 Å². The van der Waals surface area contributed by atoms with Crippen LogP contribution in [-0.4, -0.2) is 0 Å². The van der Waals surface area contributed by atoms with Gasteiger partial charge in [0, 0.05) is 6.07 Å². The first-order valence-corrected chi connectivity index (χ1v) is 4.62. The minimum atomic E-state index is -0.900. The van der Waals surface area contributed by atoms with E-state index < -0.39 is 17.1 Å². The van der Waals surface area contributed by atoms with Gasteiger partial charge < -0.3 is 4.42 Å². The lowest BCUT2D eigenvalue weighted by Gasteiger charge is -2.00. The fraction of sp³-hybridized carbons (Fsp3) is 0.100. The van der Waals surface area contributed by atoms with E-state index in [9.17, 15) is 13.6 Å². The van der Waals surface area contributed by atoms with Crippen molar-refractivity contribution in [3.05, 3.63) is 45.8 Å². The molecule has 0 bridgehead atoms. The molecule has 2 nitrogen and oxygen atoms in total. The molecule has 1 aromatic heterocycles. The molecule has 0 spiro atoms. The summed E-state index contributed by atoms with van der Waals surface area (Å²) < 4.78 is 30.9. The summed E-state index contributed by atoms with van der Waals surface area (Å²) in [6, 6.07) is 1.59. The van der Waals surface area contributed by atoms with E-state index in [1.807, 2.05) is 0 Å². The van der Waals surface area contributed by atoms with Crippen LogP contribution in [-0.2, 0) is 5.88 Å². The van der Waals surface area contributed by atoms with Gasteiger partial charge in [-0.3, -0.25) is 4.79 Å². The molecule has 78 valence electrons. The van der Waals surface area contributed by atoms with Gasteiger partial charge in [-0.2, -0.15) is 0 Å². The molecular weight excluding hydrogens is 226 g/mol. The van der Waals surface area contributed by atoms with Crippen LogP contribution in [0.1, 0.15) is 5.56 Å². The third kappa shape index (κ3) is 1.61. The Morgan fingerprint density at radius 2 is 2.07 bits per heavy atom.